The fourth-order valence-corrected chi connectivity index (χ4v) is 3.22. The maximum Gasteiger partial charge on any atom is 0.223 e. The number of halogens is 1. The molecule has 1 aliphatic rings. The normalized spacial score (nSPS) is 22.9. The summed E-state index contributed by atoms with van der Waals surface area (Å²) in [5, 5.41) is 9.99. The second-order valence-corrected chi connectivity index (χ2v) is 6.64. The van der Waals surface area contributed by atoms with E-state index in [2.05, 4.69) is 0 Å². The highest BCUT2D eigenvalue weighted by atomic mass is 32.2. The zero-order valence-corrected chi connectivity index (χ0v) is 12.5. The predicted octanol–water partition coefficient (Wildman–Crippen LogP) is 2.68. The van der Waals surface area contributed by atoms with Crippen LogP contribution in [0.1, 0.15) is 26.2 Å². The molecule has 0 radical (unpaired) electrons. The maximum atomic E-state index is 12.8. The number of rotatable bonds is 4. The molecule has 1 aromatic rings. The maximum absolute atomic E-state index is 12.8. The summed E-state index contributed by atoms with van der Waals surface area (Å²) in [6, 6.07) is 6.28. The van der Waals surface area contributed by atoms with E-state index in [1.807, 2.05) is 0 Å². The molecule has 3 nitrogen and oxygen atoms in total. The summed E-state index contributed by atoms with van der Waals surface area (Å²) in [6.07, 6.45) is 2.04. The number of hydrogen-bond acceptors (Lipinski definition) is 3. The third kappa shape index (κ3) is 4.49. The number of nitrogens with zero attached hydrogens (tertiary/aromatic N) is 1. The molecule has 110 valence electrons. The van der Waals surface area contributed by atoms with E-state index in [0.29, 0.717) is 18.7 Å². The van der Waals surface area contributed by atoms with Crippen molar-refractivity contribution in [2.24, 2.45) is 0 Å². The zero-order valence-electron chi connectivity index (χ0n) is 11.6. The Balaban J connectivity index is 1.76. The van der Waals surface area contributed by atoms with Gasteiger partial charge in [0.2, 0.25) is 5.91 Å². The van der Waals surface area contributed by atoms with Gasteiger partial charge in [0.1, 0.15) is 5.82 Å². The standard InChI is InChI=1S/C15H20FNO2S/c1-15(19)8-2-9-17(11-15)14(18)7-10-20-13-5-3-12(16)4-6-13/h3-6,19H,2,7-11H2,1H3. The Kier molecular flexibility index (Phi) is 5.05. The Labute approximate surface area is 123 Å². The number of thioether (sulfide) groups is 1. The number of piperidine rings is 1. The fourth-order valence-electron chi connectivity index (χ4n) is 2.38. The van der Waals surface area contributed by atoms with Gasteiger partial charge in [-0.3, -0.25) is 4.79 Å². The fraction of sp³-hybridized carbons (Fsp3) is 0.533. The van der Waals surface area contributed by atoms with E-state index in [1.165, 1.54) is 12.1 Å². The molecule has 0 aliphatic carbocycles. The first-order chi connectivity index (χ1) is 9.46. The highest BCUT2D eigenvalue weighted by Gasteiger charge is 2.30. The van der Waals surface area contributed by atoms with Gasteiger partial charge in [-0.05, 0) is 44.0 Å². The Morgan fingerprint density at radius 3 is 2.80 bits per heavy atom. The van der Waals surface area contributed by atoms with Crippen LogP contribution < -0.4 is 0 Å². The third-order valence-corrected chi connectivity index (χ3v) is 4.44. The monoisotopic (exact) mass is 297 g/mol. The van der Waals surface area contributed by atoms with Gasteiger partial charge >= 0.3 is 0 Å². The van der Waals surface area contributed by atoms with Gasteiger partial charge in [0.05, 0.1) is 5.60 Å². The average Bonchev–Trinajstić information content (AvgIpc) is 2.40. The molecule has 5 heteroatoms. The highest BCUT2D eigenvalue weighted by Crippen LogP contribution is 2.22. The SMILES string of the molecule is CC1(O)CCCN(C(=O)CCSc2ccc(F)cc2)C1. The van der Waals surface area contributed by atoms with E-state index in [0.717, 1.165) is 24.3 Å². The van der Waals surface area contributed by atoms with Crippen LogP contribution in [0.4, 0.5) is 4.39 Å². The van der Waals surface area contributed by atoms with Crippen LogP contribution in [-0.2, 0) is 4.79 Å². The number of benzene rings is 1. The van der Waals surface area contributed by atoms with Crippen LogP contribution in [0.3, 0.4) is 0 Å². The quantitative estimate of drug-likeness (QED) is 0.869. The van der Waals surface area contributed by atoms with Crippen molar-refractivity contribution in [2.75, 3.05) is 18.8 Å². The van der Waals surface area contributed by atoms with Gasteiger partial charge in [0.15, 0.2) is 0 Å². The summed E-state index contributed by atoms with van der Waals surface area (Å²) < 4.78 is 12.8. The molecule has 0 spiro atoms. The van der Waals surface area contributed by atoms with Gasteiger partial charge in [-0.15, -0.1) is 11.8 Å². The van der Waals surface area contributed by atoms with Gasteiger partial charge in [-0.2, -0.15) is 0 Å². The van der Waals surface area contributed by atoms with Crippen LogP contribution in [0.5, 0.6) is 0 Å². The smallest absolute Gasteiger partial charge is 0.223 e. The van der Waals surface area contributed by atoms with Crippen molar-refractivity contribution in [3.63, 3.8) is 0 Å². The van der Waals surface area contributed by atoms with Gasteiger partial charge in [0, 0.05) is 30.2 Å². The molecule has 1 amide bonds. The van der Waals surface area contributed by atoms with Gasteiger partial charge in [-0.25, -0.2) is 4.39 Å². The van der Waals surface area contributed by atoms with E-state index in [9.17, 15) is 14.3 Å². The molecule has 0 bridgehead atoms. The summed E-state index contributed by atoms with van der Waals surface area (Å²) in [5.41, 5.74) is -0.752. The summed E-state index contributed by atoms with van der Waals surface area (Å²) in [6.45, 7) is 2.93. The lowest BCUT2D eigenvalue weighted by Gasteiger charge is -2.36. The van der Waals surface area contributed by atoms with Crippen molar-refractivity contribution >= 4 is 17.7 Å². The predicted molar refractivity (Wildman–Crippen MR) is 78.2 cm³/mol. The van der Waals surface area contributed by atoms with Crippen molar-refractivity contribution in [1.29, 1.82) is 0 Å². The van der Waals surface area contributed by atoms with Crippen molar-refractivity contribution in [3.8, 4) is 0 Å². The minimum Gasteiger partial charge on any atom is -0.388 e. The molecule has 1 N–H and O–H groups in total. The van der Waals surface area contributed by atoms with E-state index in [1.54, 1.807) is 35.7 Å². The molecule has 1 unspecified atom stereocenters. The van der Waals surface area contributed by atoms with Crippen LogP contribution in [0, 0.1) is 5.82 Å². The summed E-state index contributed by atoms with van der Waals surface area (Å²) in [5.74, 6) is 0.504. The number of hydrogen-bond donors (Lipinski definition) is 1. The van der Waals surface area contributed by atoms with Crippen molar-refractivity contribution in [2.45, 2.75) is 36.7 Å². The highest BCUT2D eigenvalue weighted by molar-refractivity contribution is 7.99. The number of β-amino-alcohol motifs (C(OH)–C–C–N with tert-alkyl or cyclic N) is 1. The van der Waals surface area contributed by atoms with Crippen molar-refractivity contribution in [1.82, 2.24) is 4.90 Å². The Morgan fingerprint density at radius 2 is 2.15 bits per heavy atom. The van der Waals surface area contributed by atoms with Gasteiger partial charge in [-0.1, -0.05) is 0 Å². The van der Waals surface area contributed by atoms with Crippen LogP contribution in [0.15, 0.2) is 29.2 Å². The molecular weight excluding hydrogens is 277 g/mol. The average molecular weight is 297 g/mol. The van der Waals surface area contributed by atoms with Crippen molar-refractivity contribution < 1.29 is 14.3 Å². The van der Waals surface area contributed by atoms with E-state index < -0.39 is 5.60 Å². The Bertz CT molecular complexity index is 461. The first kappa shape index (κ1) is 15.3. The molecule has 20 heavy (non-hydrogen) atoms. The second kappa shape index (κ2) is 6.59. The summed E-state index contributed by atoms with van der Waals surface area (Å²) in [4.78, 5) is 14.8. The lowest BCUT2D eigenvalue weighted by atomic mass is 9.95. The topological polar surface area (TPSA) is 40.5 Å². The van der Waals surface area contributed by atoms with Crippen LogP contribution in [0.2, 0.25) is 0 Å². The molecule has 2 rings (SSSR count). The number of carbonyl (C=O) groups excluding carboxylic acids is 1. The number of likely N-dealkylation sites (tertiary alicyclic amines) is 1. The molecular formula is C15H20FNO2S. The molecule has 0 saturated carbocycles. The molecule has 1 heterocycles. The summed E-state index contributed by atoms with van der Waals surface area (Å²) in [7, 11) is 0. The Morgan fingerprint density at radius 1 is 1.45 bits per heavy atom. The lowest BCUT2D eigenvalue weighted by molar-refractivity contribution is -0.137. The van der Waals surface area contributed by atoms with Crippen LogP contribution in [0.25, 0.3) is 0 Å². The number of amides is 1. The van der Waals surface area contributed by atoms with E-state index in [4.69, 9.17) is 0 Å². The Hall–Kier alpha value is -1.07. The molecule has 1 fully saturated rings. The number of aliphatic hydroxyl groups is 1. The minimum absolute atomic E-state index is 0.0830. The largest absolute Gasteiger partial charge is 0.388 e. The number of carbonyl (C=O) groups is 1. The molecule has 1 aliphatic heterocycles. The van der Waals surface area contributed by atoms with Crippen molar-refractivity contribution in [3.05, 3.63) is 30.1 Å². The molecule has 1 aromatic carbocycles. The van der Waals surface area contributed by atoms with Gasteiger partial charge in [0.25, 0.3) is 0 Å². The second-order valence-electron chi connectivity index (χ2n) is 5.47. The lowest BCUT2D eigenvalue weighted by Crippen LogP contribution is -2.48. The first-order valence-corrected chi connectivity index (χ1v) is 7.83. The van der Waals surface area contributed by atoms with Gasteiger partial charge < -0.3 is 10.0 Å². The van der Waals surface area contributed by atoms with Crippen LogP contribution in [-0.4, -0.2) is 40.4 Å². The third-order valence-electron chi connectivity index (χ3n) is 3.43. The molecule has 1 atom stereocenters. The van der Waals surface area contributed by atoms with E-state index >= 15 is 0 Å². The molecule has 1 saturated heterocycles. The molecule has 0 aromatic heterocycles. The van der Waals surface area contributed by atoms with Crippen LogP contribution >= 0.6 is 11.8 Å². The minimum atomic E-state index is -0.752. The summed E-state index contributed by atoms with van der Waals surface area (Å²) >= 11 is 1.54. The first-order valence-electron chi connectivity index (χ1n) is 6.85. The van der Waals surface area contributed by atoms with E-state index in [-0.39, 0.29) is 11.7 Å². The zero-order chi connectivity index (χ0) is 14.6.